The number of hydrogen-bond donors (Lipinski definition) is 1. The van der Waals surface area contributed by atoms with Crippen molar-refractivity contribution < 1.29 is 0 Å². The molecule has 2 aliphatic rings. The minimum Gasteiger partial charge on any atom is -0.330 e. The molecular formula is C7H9N. The molecule has 0 amide bonds. The second kappa shape index (κ2) is 1.23. The van der Waals surface area contributed by atoms with Crippen LogP contribution in [0.3, 0.4) is 0 Å². The molecule has 0 heterocycles. The van der Waals surface area contributed by atoms with Crippen molar-refractivity contribution in [2.75, 3.05) is 6.54 Å². The molecule has 0 aliphatic heterocycles. The molecule has 0 saturated heterocycles. The third-order valence-corrected chi connectivity index (χ3v) is 1.92. The molecule has 0 radical (unpaired) electrons. The van der Waals surface area contributed by atoms with Gasteiger partial charge in [-0.15, -0.1) is 0 Å². The average Bonchev–Trinajstić information content (AvgIpc) is 2.46. The van der Waals surface area contributed by atoms with E-state index in [-0.39, 0.29) is 0 Å². The maximum absolute atomic E-state index is 5.47. The molecule has 0 aromatic heterocycles. The lowest BCUT2D eigenvalue weighted by molar-refractivity contribution is 0.627. The Hall–Kier alpha value is -0.560. The Bertz CT molecular complexity index is 167. The predicted octanol–water partition coefficient (Wildman–Crippen LogP) is 0.687. The molecule has 2 aliphatic carbocycles. The zero-order valence-electron chi connectivity index (χ0n) is 4.67. The largest absolute Gasteiger partial charge is 0.330 e. The lowest BCUT2D eigenvalue weighted by Crippen LogP contribution is -2.12. The van der Waals surface area contributed by atoms with E-state index in [9.17, 15) is 0 Å². The molecular weight excluding hydrogens is 98.1 g/mol. The van der Waals surface area contributed by atoms with Crippen LogP contribution < -0.4 is 5.73 Å². The number of rotatable bonds is 1. The topological polar surface area (TPSA) is 26.0 Å². The van der Waals surface area contributed by atoms with Gasteiger partial charge in [0.1, 0.15) is 0 Å². The Kier molecular flexibility index (Phi) is 0.667. The molecule has 0 aromatic carbocycles. The fraction of sp³-hybridized carbons (Fsp3) is 0.429. The van der Waals surface area contributed by atoms with E-state index in [1.54, 1.807) is 0 Å². The summed E-state index contributed by atoms with van der Waals surface area (Å²) in [5, 5.41) is 0. The van der Waals surface area contributed by atoms with E-state index in [2.05, 4.69) is 18.2 Å². The van der Waals surface area contributed by atoms with E-state index in [1.807, 2.05) is 0 Å². The second-order valence-corrected chi connectivity index (χ2v) is 2.45. The van der Waals surface area contributed by atoms with Gasteiger partial charge in [-0.2, -0.15) is 0 Å². The quantitative estimate of drug-likeness (QED) is 0.524. The second-order valence-electron chi connectivity index (χ2n) is 2.45. The Morgan fingerprint density at radius 2 is 2.50 bits per heavy atom. The van der Waals surface area contributed by atoms with Gasteiger partial charge in [0.15, 0.2) is 0 Å². The predicted molar refractivity (Wildman–Crippen MR) is 33.3 cm³/mol. The molecule has 2 N–H and O–H groups in total. The summed E-state index contributed by atoms with van der Waals surface area (Å²) in [6.45, 7) is 0.807. The molecule has 2 unspecified atom stereocenters. The summed E-state index contributed by atoms with van der Waals surface area (Å²) >= 11 is 0. The van der Waals surface area contributed by atoms with Crippen molar-refractivity contribution in [1.29, 1.82) is 0 Å². The molecule has 8 heavy (non-hydrogen) atoms. The normalized spacial score (nSPS) is 39.4. The number of hydrogen-bond acceptors (Lipinski definition) is 1. The van der Waals surface area contributed by atoms with Gasteiger partial charge in [0, 0.05) is 5.92 Å². The van der Waals surface area contributed by atoms with Crippen LogP contribution in [0.2, 0.25) is 0 Å². The number of fused-ring (bicyclic) bond motifs is 1. The first-order chi connectivity index (χ1) is 3.92. The Morgan fingerprint density at radius 1 is 1.62 bits per heavy atom. The summed E-state index contributed by atoms with van der Waals surface area (Å²) in [5.41, 5.74) is 6.97. The maximum Gasteiger partial charge on any atom is 0.00960 e. The highest BCUT2D eigenvalue weighted by molar-refractivity contribution is 5.46. The monoisotopic (exact) mass is 107 g/mol. The van der Waals surface area contributed by atoms with Crippen LogP contribution in [-0.2, 0) is 0 Å². The van der Waals surface area contributed by atoms with Crippen molar-refractivity contribution in [3.63, 3.8) is 0 Å². The maximum atomic E-state index is 5.47. The van der Waals surface area contributed by atoms with Gasteiger partial charge in [-0.1, -0.05) is 18.2 Å². The lowest BCUT2D eigenvalue weighted by Gasteiger charge is -2.01. The van der Waals surface area contributed by atoms with Gasteiger partial charge < -0.3 is 5.73 Å². The fourth-order valence-electron chi connectivity index (χ4n) is 1.28. The molecule has 2 atom stereocenters. The Morgan fingerprint density at radius 3 is 2.75 bits per heavy atom. The van der Waals surface area contributed by atoms with Gasteiger partial charge in [0.25, 0.3) is 0 Å². The first-order valence-electron chi connectivity index (χ1n) is 3.02. The van der Waals surface area contributed by atoms with Crippen molar-refractivity contribution in [2.45, 2.75) is 0 Å². The minimum absolute atomic E-state index is 0.644. The van der Waals surface area contributed by atoms with Crippen LogP contribution >= 0.6 is 0 Å². The van der Waals surface area contributed by atoms with E-state index >= 15 is 0 Å². The third kappa shape index (κ3) is 0.397. The van der Waals surface area contributed by atoms with Gasteiger partial charge in [-0.25, -0.2) is 0 Å². The van der Waals surface area contributed by atoms with E-state index in [1.165, 1.54) is 5.57 Å². The van der Waals surface area contributed by atoms with Crippen molar-refractivity contribution >= 4 is 0 Å². The first-order valence-corrected chi connectivity index (χ1v) is 3.02. The summed E-state index contributed by atoms with van der Waals surface area (Å²) in [4.78, 5) is 0. The van der Waals surface area contributed by atoms with Crippen LogP contribution in [-0.4, -0.2) is 6.54 Å². The summed E-state index contributed by atoms with van der Waals surface area (Å²) in [5.74, 6) is 1.39. The van der Waals surface area contributed by atoms with Crippen molar-refractivity contribution in [3.8, 4) is 0 Å². The van der Waals surface area contributed by atoms with Crippen LogP contribution in [0.15, 0.2) is 23.8 Å². The smallest absolute Gasteiger partial charge is 0.00960 e. The molecule has 0 bridgehead atoms. The van der Waals surface area contributed by atoms with Gasteiger partial charge in [0.05, 0.1) is 0 Å². The van der Waals surface area contributed by atoms with E-state index in [0.717, 1.165) is 12.5 Å². The van der Waals surface area contributed by atoms with Crippen LogP contribution in [0.25, 0.3) is 0 Å². The molecule has 1 heteroatoms. The lowest BCUT2D eigenvalue weighted by atomic mass is 10.1. The van der Waals surface area contributed by atoms with Gasteiger partial charge in [0.2, 0.25) is 0 Å². The highest BCUT2D eigenvalue weighted by Crippen LogP contribution is 2.42. The van der Waals surface area contributed by atoms with E-state index in [4.69, 9.17) is 5.73 Å². The Labute approximate surface area is 48.9 Å². The van der Waals surface area contributed by atoms with Gasteiger partial charge >= 0.3 is 0 Å². The summed E-state index contributed by atoms with van der Waals surface area (Å²) in [7, 11) is 0. The van der Waals surface area contributed by atoms with Crippen molar-refractivity contribution in [3.05, 3.63) is 23.8 Å². The van der Waals surface area contributed by atoms with Gasteiger partial charge in [-0.3, -0.25) is 0 Å². The van der Waals surface area contributed by atoms with Crippen LogP contribution in [0.4, 0.5) is 0 Å². The highest BCUT2D eigenvalue weighted by Gasteiger charge is 2.33. The van der Waals surface area contributed by atoms with E-state index < -0.39 is 0 Å². The SMILES string of the molecule is NCC1C=CC2=CC21. The molecule has 2 rings (SSSR count). The Balaban J connectivity index is 2.13. The van der Waals surface area contributed by atoms with Crippen LogP contribution in [0, 0.1) is 11.8 Å². The zero-order chi connectivity index (χ0) is 5.56. The average molecular weight is 107 g/mol. The van der Waals surface area contributed by atoms with E-state index in [0.29, 0.717) is 5.92 Å². The van der Waals surface area contributed by atoms with Crippen molar-refractivity contribution in [1.82, 2.24) is 0 Å². The molecule has 0 fully saturated rings. The molecule has 0 spiro atoms. The third-order valence-electron chi connectivity index (χ3n) is 1.92. The van der Waals surface area contributed by atoms with Crippen molar-refractivity contribution in [2.24, 2.45) is 17.6 Å². The van der Waals surface area contributed by atoms with Crippen LogP contribution in [0.1, 0.15) is 0 Å². The summed E-state index contributed by atoms with van der Waals surface area (Å²) in [6, 6.07) is 0. The standard InChI is InChI=1S/C7H9N/c8-4-6-2-1-5-3-7(5)6/h1-3,6-7H,4,8H2. The molecule has 0 saturated carbocycles. The first kappa shape index (κ1) is 4.33. The molecule has 1 nitrogen and oxygen atoms in total. The summed E-state index contributed by atoms with van der Waals surface area (Å²) < 4.78 is 0. The molecule has 42 valence electrons. The zero-order valence-corrected chi connectivity index (χ0v) is 4.67. The van der Waals surface area contributed by atoms with Gasteiger partial charge in [-0.05, 0) is 18.0 Å². The highest BCUT2D eigenvalue weighted by atomic mass is 14.6. The molecule has 0 aromatic rings. The number of allylic oxidation sites excluding steroid dienone is 3. The van der Waals surface area contributed by atoms with Crippen LogP contribution in [0.5, 0.6) is 0 Å². The fourth-order valence-corrected chi connectivity index (χ4v) is 1.28. The number of nitrogens with two attached hydrogens (primary N) is 1. The minimum atomic E-state index is 0.644. The summed E-state index contributed by atoms with van der Waals surface area (Å²) in [6.07, 6.45) is 6.67.